The topological polar surface area (TPSA) is 68.2 Å². The lowest BCUT2D eigenvalue weighted by atomic mass is 9.78. The Hall–Kier alpha value is -1.79. The first-order chi connectivity index (χ1) is 11.9. The highest BCUT2D eigenvalue weighted by atomic mass is 16.5. The second-order valence-corrected chi connectivity index (χ2v) is 7.31. The molecule has 0 bridgehead atoms. The van der Waals surface area contributed by atoms with Crippen LogP contribution in [-0.4, -0.2) is 61.0 Å². The number of methoxy groups -OCH3 is 2. The summed E-state index contributed by atoms with van der Waals surface area (Å²) in [4.78, 5) is 14.8. The second-order valence-electron chi connectivity index (χ2n) is 7.31. The minimum Gasteiger partial charge on any atom is -0.497 e. The maximum atomic E-state index is 12.9. The molecule has 2 saturated heterocycles. The van der Waals surface area contributed by atoms with E-state index in [1.54, 1.807) is 32.4 Å². The summed E-state index contributed by atoms with van der Waals surface area (Å²) in [5.41, 5.74) is -0.480. The van der Waals surface area contributed by atoms with Gasteiger partial charge in [-0.15, -0.1) is 0 Å². The average Bonchev–Trinajstić information content (AvgIpc) is 2.60. The van der Waals surface area contributed by atoms with Gasteiger partial charge in [-0.3, -0.25) is 4.79 Å². The molecule has 1 N–H and O–H groups in total. The van der Waals surface area contributed by atoms with Crippen LogP contribution in [0, 0.1) is 0 Å². The van der Waals surface area contributed by atoms with Gasteiger partial charge in [0.25, 0.3) is 5.91 Å². The van der Waals surface area contributed by atoms with Gasteiger partial charge in [-0.25, -0.2) is 0 Å². The molecular formula is C19H27NO5. The number of carbonyl (C=O) groups excluding carboxylic acids is 1. The van der Waals surface area contributed by atoms with Crippen molar-refractivity contribution in [1.29, 1.82) is 0 Å². The maximum absolute atomic E-state index is 12.9. The van der Waals surface area contributed by atoms with Crippen molar-refractivity contribution in [2.24, 2.45) is 0 Å². The molecule has 1 unspecified atom stereocenters. The van der Waals surface area contributed by atoms with Crippen LogP contribution in [0.25, 0.3) is 0 Å². The highest BCUT2D eigenvalue weighted by Crippen LogP contribution is 2.40. The molecule has 1 atom stereocenters. The molecule has 6 heteroatoms. The van der Waals surface area contributed by atoms with Crippen LogP contribution in [0.15, 0.2) is 18.2 Å². The number of hydrogen-bond acceptors (Lipinski definition) is 5. The summed E-state index contributed by atoms with van der Waals surface area (Å²) in [6.07, 6.45) is 2.77. The van der Waals surface area contributed by atoms with Gasteiger partial charge < -0.3 is 24.2 Å². The van der Waals surface area contributed by atoms with Crippen LogP contribution in [0.1, 0.15) is 43.0 Å². The van der Waals surface area contributed by atoms with Crippen molar-refractivity contribution >= 4 is 5.91 Å². The summed E-state index contributed by atoms with van der Waals surface area (Å²) in [6.45, 7) is 3.66. The molecule has 0 aromatic heterocycles. The van der Waals surface area contributed by atoms with E-state index in [0.29, 0.717) is 49.6 Å². The third-order valence-corrected chi connectivity index (χ3v) is 5.35. The molecule has 2 fully saturated rings. The molecule has 6 nitrogen and oxygen atoms in total. The van der Waals surface area contributed by atoms with Crippen LogP contribution < -0.4 is 9.47 Å². The van der Waals surface area contributed by atoms with Crippen LogP contribution in [0.5, 0.6) is 11.5 Å². The Labute approximate surface area is 148 Å². The summed E-state index contributed by atoms with van der Waals surface area (Å²) in [5.74, 6) is 1.11. The number of carbonyl (C=O) groups is 1. The first kappa shape index (κ1) is 18.0. The smallest absolute Gasteiger partial charge is 0.257 e. The van der Waals surface area contributed by atoms with Gasteiger partial charge in [0.15, 0.2) is 0 Å². The number of nitrogens with zero attached hydrogens (tertiary/aromatic N) is 1. The lowest BCUT2D eigenvalue weighted by Gasteiger charge is -2.48. The Bertz CT molecular complexity index is 635. The molecule has 1 spiro atoms. The third-order valence-electron chi connectivity index (χ3n) is 5.35. The summed E-state index contributed by atoms with van der Waals surface area (Å²) in [7, 11) is 3.13. The summed E-state index contributed by atoms with van der Waals surface area (Å²) >= 11 is 0. The van der Waals surface area contributed by atoms with Crippen molar-refractivity contribution in [3.8, 4) is 11.5 Å². The molecule has 138 valence electrons. The number of amides is 1. The molecule has 1 aromatic carbocycles. The van der Waals surface area contributed by atoms with Crippen LogP contribution in [-0.2, 0) is 4.74 Å². The number of likely N-dealkylation sites (tertiary alicyclic amines) is 1. The standard InChI is InChI=1S/C19H27NO5/c1-18(22)8-11-25-19(13-18)6-9-20(10-7-19)17(21)15-12-14(23-2)4-5-16(15)24-3/h4-5,12,22H,6-11,13H2,1-3H3. The van der Waals surface area contributed by atoms with Crippen LogP contribution in [0.3, 0.4) is 0 Å². The van der Waals surface area contributed by atoms with Crippen molar-refractivity contribution in [2.75, 3.05) is 33.9 Å². The van der Waals surface area contributed by atoms with Gasteiger partial charge in [0.05, 0.1) is 37.6 Å². The predicted octanol–water partition coefficient (Wildman–Crippen LogP) is 2.24. The van der Waals surface area contributed by atoms with Crippen LogP contribution >= 0.6 is 0 Å². The zero-order chi connectivity index (χ0) is 18.1. The quantitative estimate of drug-likeness (QED) is 0.906. The van der Waals surface area contributed by atoms with Crippen molar-refractivity contribution < 1.29 is 24.1 Å². The van der Waals surface area contributed by atoms with E-state index in [4.69, 9.17) is 14.2 Å². The summed E-state index contributed by atoms with van der Waals surface area (Å²) < 4.78 is 16.6. The number of ether oxygens (including phenoxy) is 3. The second kappa shape index (κ2) is 6.84. The van der Waals surface area contributed by atoms with Gasteiger partial charge in [0.2, 0.25) is 0 Å². The molecule has 25 heavy (non-hydrogen) atoms. The molecule has 2 aliphatic heterocycles. The van der Waals surface area contributed by atoms with E-state index in [9.17, 15) is 9.90 Å². The van der Waals surface area contributed by atoms with Gasteiger partial charge in [-0.05, 0) is 44.4 Å². The molecule has 1 amide bonds. The fraction of sp³-hybridized carbons (Fsp3) is 0.632. The number of benzene rings is 1. The average molecular weight is 349 g/mol. The first-order valence-electron chi connectivity index (χ1n) is 8.76. The molecule has 2 aliphatic rings. The van der Waals surface area contributed by atoms with E-state index in [1.165, 1.54) is 0 Å². The van der Waals surface area contributed by atoms with Gasteiger partial charge in [-0.2, -0.15) is 0 Å². The van der Waals surface area contributed by atoms with E-state index in [0.717, 1.165) is 12.8 Å². The minimum absolute atomic E-state index is 0.0619. The SMILES string of the molecule is COc1ccc(OC)c(C(=O)N2CCC3(CC2)CC(C)(O)CCO3)c1. The molecule has 0 radical (unpaired) electrons. The van der Waals surface area contributed by atoms with Crippen molar-refractivity contribution in [1.82, 2.24) is 4.90 Å². The predicted molar refractivity (Wildman–Crippen MR) is 93.2 cm³/mol. The van der Waals surface area contributed by atoms with E-state index in [-0.39, 0.29) is 11.5 Å². The molecule has 3 rings (SSSR count). The largest absolute Gasteiger partial charge is 0.497 e. The molecule has 2 heterocycles. The van der Waals surface area contributed by atoms with Crippen LogP contribution in [0.4, 0.5) is 0 Å². The lowest BCUT2D eigenvalue weighted by Crippen LogP contribution is -2.54. The summed E-state index contributed by atoms with van der Waals surface area (Å²) in [6, 6.07) is 5.24. The van der Waals surface area contributed by atoms with Gasteiger partial charge >= 0.3 is 0 Å². The van der Waals surface area contributed by atoms with Gasteiger partial charge in [-0.1, -0.05) is 0 Å². The molecule has 1 aromatic rings. The molecule has 0 aliphatic carbocycles. The van der Waals surface area contributed by atoms with E-state index in [1.807, 2.05) is 11.8 Å². The highest BCUT2D eigenvalue weighted by Gasteiger charge is 2.45. The number of rotatable bonds is 3. The summed E-state index contributed by atoms with van der Waals surface area (Å²) in [5, 5.41) is 10.4. The molecule has 0 saturated carbocycles. The van der Waals surface area contributed by atoms with E-state index in [2.05, 4.69) is 0 Å². The van der Waals surface area contributed by atoms with Crippen molar-refractivity contribution in [3.63, 3.8) is 0 Å². The maximum Gasteiger partial charge on any atom is 0.257 e. The zero-order valence-electron chi connectivity index (χ0n) is 15.2. The van der Waals surface area contributed by atoms with Crippen molar-refractivity contribution in [2.45, 2.75) is 43.8 Å². The highest BCUT2D eigenvalue weighted by molar-refractivity contribution is 5.97. The van der Waals surface area contributed by atoms with Crippen LogP contribution in [0.2, 0.25) is 0 Å². The molecular weight excluding hydrogens is 322 g/mol. The Kier molecular flexibility index (Phi) is 4.93. The Morgan fingerprint density at radius 3 is 2.52 bits per heavy atom. The normalized spacial score (nSPS) is 25.7. The Morgan fingerprint density at radius 2 is 1.92 bits per heavy atom. The van der Waals surface area contributed by atoms with E-state index < -0.39 is 5.60 Å². The fourth-order valence-corrected chi connectivity index (χ4v) is 3.91. The minimum atomic E-state index is -0.680. The number of aliphatic hydroxyl groups is 1. The third kappa shape index (κ3) is 3.75. The Balaban J connectivity index is 1.72. The Morgan fingerprint density at radius 1 is 1.20 bits per heavy atom. The van der Waals surface area contributed by atoms with Crippen molar-refractivity contribution in [3.05, 3.63) is 23.8 Å². The van der Waals surface area contributed by atoms with E-state index >= 15 is 0 Å². The lowest BCUT2D eigenvalue weighted by molar-refractivity contribution is -0.170. The first-order valence-corrected chi connectivity index (χ1v) is 8.76. The zero-order valence-corrected chi connectivity index (χ0v) is 15.2. The van der Waals surface area contributed by atoms with Gasteiger partial charge in [0, 0.05) is 19.5 Å². The number of piperidine rings is 1. The fourth-order valence-electron chi connectivity index (χ4n) is 3.91. The van der Waals surface area contributed by atoms with Gasteiger partial charge in [0.1, 0.15) is 11.5 Å². The number of hydrogen-bond donors (Lipinski definition) is 1. The monoisotopic (exact) mass is 349 g/mol.